The molecule has 7 heteroatoms. The topological polar surface area (TPSA) is 101 Å². The Morgan fingerprint density at radius 2 is 1.83 bits per heavy atom. The first-order valence-electron chi connectivity index (χ1n) is 12.8. The van der Waals surface area contributed by atoms with Gasteiger partial charge in [-0.1, -0.05) is 66.0 Å². The number of allylic oxidation sites excluding steroid dienone is 1. The highest BCUT2D eigenvalue weighted by molar-refractivity contribution is 5.91. The van der Waals surface area contributed by atoms with Gasteiger partial charge in [-0.3, -0.25) is 9.48 Å². The summed E-state index contributed by atoms with van der Waals surface area (Å²) in [6, 6.07) is 10.8. The molecule has 0 saturated heterocycles. The zero-order valence-corrected chi connectivity index (χ0v) is 21.7. The second-order valence-corrected chi connectivity index (χ2v) is 11.1. The van der Waals surface area contributed by atoms with Gasteiger partial charge in [0, 0.05) is 29.2 Å². The first kappa shape index (κ1) is 24.9. The molecule has 5 N–H and O–H groups in total. The number of H-pyrrole nitrogens is 1. The van der Waals surface area contributed by atoms with Crippen molar-refractivity contribution in [3.8, 4) is 0 Å². The maximum Gasteiger partial charge on any atom is 0.261 e. The molecule has 0 aliphatic heterocycles. The van der Waals surface area contributed by atoms with Crippen LogP contribution in [0, 0.1) is 11.3 Å². The summed E-state index contributed by atoms with van der Waals surface area (Å²) in [7, 11) is 0. The molecule has 0 radical (unpaired) electrons. The van der Waals surface area contributed by atoms with E-state index >= 15 is 0 Å². The van der Waals surface area contributed by atoms with Crippen molar-refractivity contribution in [2.24, 2.45) is 17.1 Å². The summed E-state index contributed by atoms with van der Waals surface area (Å²) >= 11 is 0. The molecule has 4 rings (SSSR count). The van der Waals surface area contributed by atoms with Crippen LogP contribution in [0.3, 0.4) is 0 Å². The minimum Gasteiger partial charge on any atom is -0.400 e. The first-order valence-corrected chi connectivity index (χ1v) is 12.8. The van der Waals surface area contributed by atoms with Crippen LogP contribution in [0.15, 0.2) is 53.2 Å². The fourth-order valence-electron chi connectivity index (χ4n) is 4.77. The molecule has 1 atom stereocenters. The van der Waals surface area contributed by atoms with Crippen molar-refractivity contribution in [3.63, 3.8) is 0 Å². The van der Waals surface area contributed by atoms with E-state index in [9.17, 15) is 4.79 Å². The van der Waals surface area contributed by atoms with Gasteiger partial charge in [-0.2, -0.15) is 5.10 Å². The van der Waals surface area contributed by atoms with Gasteiger partial charge in [-0.15, -0.1) is 0 Å². The maximum absolute atomic E-state index is 12.7. The van der Waals surface area contributed by atoms with E-state index in [4.69, 9.17) is 10.8 Å². The van der Waals surface area contributed by atoms with Crippen molar-refractivity contribution in [2.45, 2.75) is 78.8 Å². The number of nitrogens with two attached hydrogens (primary N) is 1. The summed E-state index contributed by atoms with van der Waals surface area (Å²) in [5, 5.41) is 12.4. The van der Waals surface area contributed by atoms with Gasteiger partial charge >= 0.3 is 0 Å². The average molecular weight is 477 g/mol. The Bertz CT molecular complexity index is 1220. The van der Waals surface area contributed by atoms with Crippen LogP contribution in [0.4, 0.5) is 11.5 Å². The van der Waals surface area contributed by atoms with Crippen LogP contribution in [0.2, 0.25) is 0 Å². The molecule has 0 amide bonds. The van der Waals surface area contributed by atoms with Gasteiger partial charge < -0.3 is 21.4 Å². The molecule has 1 aliphatic rings. The van der Waals surface area contributed by atoms with Crippen molar-refractivity contribution < 1.29 is 0 Å². The lowest BCUT2D eigenvalue weighted by Crippen LogP contribution is -2.25. The lowest BCUT2D eigenvalue weighted by molar-refractivity contribution is 0.338. The molecule has 3 aromatic rings. The van der Waals surface area contributed by atoms with E-state index < -0.39 is 0 Å². The second kappa shape index (κ2) is 10.2. The Labute approximate surface area is 208 Å². The lowest BCUT2D eigenvalue weighted by Gasteiger charge is -2.25. The minimum atomic E-state index is -0.115. The number of nitrogens with zero attached hydrogens (tertiary/aromatic N) is 2. The molecule has 7 nitrogen and oxygen atoms in total. The Kier molecular flexibility index (Phi) is 7.24. The first-order chi connectivity index (χ1) is 16.6. The molecular weight excluding hydrogens is 436 g/mol. The second-order valence-electron chi connectivity index (χ2n) is 11.1. The Morgan fingerprint density at radius 3 is 2.46 bits per heavy atom. The van der Waals surface area contributed by atoms with E-state index in [0.29, 0.717) is 23.2 Å². The summed E-state index contributed by atoms with van der Waals surface area (Å²) < 4.78 is 2.06. The van der Waals surface area contributed by atoms with Crippen molar-refractivity contribution >= 4 is 22.4 Å². The van der Waals surface area contributed by atoms with Crippen LogP contribution in [0.1, 0.15) is 84.4 Å². The van der Waals surface area contributed by atoms with Crippen LogP contribution in [0.5, 0.6) is 0 Å². The van der Waals surface area contributed by atoms with Crippen molar-refractivity contribution in [1.29, 1.82) is 0 Å². The normalized spacial score (nSPS) is 16.6. The monoisotopic (exact) mass is 476 g/mol. The molecule has 2 heterocycles. The highest BCUT2D eigenvalue weighted by Gasteiger charge is 2.22. The van der Waals surface area contributed by atoms with E-state index in [2.05, 4.69) is 67.1 Å². The summed E-state index contributed by atoms with van der Waals surface area (Å²) in [6.07, 6.45) is 9.56. The number of fused-ring (bicyclic) bond motifs is 1. The van der Waals surface area contributed by atoms with Gasteiger partial charge in [-0.25, -0.2) is 0 Å². The van der Waals surface area contributed by atoms with Crippen molar-refractivity contribution in [1.82, 2.24) is 20.1 Å². The Hall–Kier alpha value is -3.22. The molecule has 1 fully saturated rings. The fraction of sp³-hybridized carbons (Fsp3) is 0.500. The lowest BCUT2D eigenvalue weighted by atomic mass is 9.92. The van der Waals surface area contributed by atoms with Gasteiger partial charge in [0.05, 0.1) is 17.6 Å². The number of hydrogen-bond donors (Lipinski definition) is 4. The summed E-state index contributed by atoms with van der Waals surface area (Å²) in [4.78, 5) is 15.5. The van der Waals surface area contributed by atoms with Crippen LogP contribution < -0.4 is 21.9 Å². The molecule has 35 heavy (non-hydrogen) atoms. The number of aromatic amines is 1. The molecule has 2 aromatic heterocycles. The van der Waals surface area contributed by atoms with Crippen LogP contribution in [0.25, 0.3) is 10.9 Å². The molecule has 0 bridgehead atoms. The SMILES string of the molecule is CC(C)C(N/C=C(\N)C(C)(C)C)c1ccc(Nc2nn(C3CCCCC3)c3cc[nH]c(=O)c23)cc1. The van der Waals surface area contributed by atoms with Gasteiger partial charge in [0.15, 0.2) is 5.82 Å². The fourth-order valence-corrected chi connectivity index (χ4v) is 4.77. The highest BCUT2D eigenvalue weighted by atomic mass is 16.1. The molecule has 1 unspecified atom stereocenters. The van der Waals surface area contributed by atoms with Gasteiger partial charge in [0.2, 0.25) is 0 Å². The third kappa shape index (κ3) is 5.55. The number of nitrogens with one attached hydrogen (secondary N) is 3. The van der Waals surface area contributed by atoms with Gasteiger partial charge in [-0.05, 0) is 42.5 Å². The van der Waals surface area contributed by atoms with Crippen LogP contribution >= 0.6 is 0 Å². The molecule has 0 spiro atoms. The summed E-state index contributed by atoms with van der Waals surface area (Å²) in [5.41, 5.74) is 9.86. The van der Waals surface area contributed by atoms with E-state index in [1.165, 1.54) is 24.8 Å². The summed E-state index contributed by atoms with van der Waals surface area (Å²) in [6.45, 7) is 10.7. The smallest absolute Gasteiger partial charge is 0.261 e. The van der Waals surface area contributed by atoms with Crippen LogP contribution in [-0.2, 0) is 0 Å². The Balaban J connectivity index is 1.59. The standard InChI is InChI=1S/C28H40N6O/c1-18(2)25(31-17-23(29)28(3,4)5)19-11-13-20(14-12-19)32-26-24-22(15-16-30-27(24)35)34(33-26)21-9-7-6-8-10-21/h11-18,21,25,31H,6-10,29H2,1-5H3,(H,30,35)(H,32,33)/b23-17-. The number of anilines is 2. The van der Waals surface area contributed by atoms with Gasteiger partial charge in [0.1, 0.15) is 5.39 Å². The highest BCUT2D eigenvalue weighted by Crippen LogP contribution is 2.33. The number of pyridine rings is 1. The average Bonchev–Trinajstić information content (AvgIpc) is 3.19. The molecule has 188 valence electrons. The number of aromatic nitrogens is 3. The summed E-state index contributed by atoms with van der Waals surface area (Å²) in [5.74, 6) is 0.992. The van der Waals surface area contributed by atoms with E-state index in [1.54, 1.807) is 6.20 Å². The predicted molar refractivity (Wildman–Crippen MR) is 145 cm³/mol. The molecular formula is C28H40N6O. The third-order valence-corrected chi connectivity index (χ3v) is 7.03. The van der Waals surface area contributed by atoms with Crippen molar-refractivity contribution in [2.75, 3.05) is 5.32 Å². The third-order valence-electron chi connectivity index (χ3n) is 7.03. The van der Waals surface area contributed by atoms with E-state index in [0.717, 1.165) is 29.7 Å². The molecule has 1 aliphatic carbocycles. The van der Waals surface area contributed by atoms with Crippen molar-refractivity contribution in [3.05, 3.63) is 64.3 Å². The predicted octanol–water partition coefficient (Wildman–Crippen LogP) is 6.11. The maximum atomic E-state index is 12.7. The van der Waals surface area contributed by atoms with E-state index in [1.807, 2.05) is 24.4 Å². The quantitative estimate of drug-likeness (QED) is 0.330. The number of hydrogen-bond acceptors (Lipinski definition) is 5. The van der Waals surface area contributed by atoms with E-state index in [-0.39, 0.29) is 17.0 Å². The largest absolute Gasteiger partial charge is 0.400 e. The number of benzene rings is 1. The molecule has 1 aromatic carbocycles. The van der Waals surface area contributed by atoms with Gasteiger partial charge in [0.25, 0.3) is 5.56 Å². The Morgan fingerprint density at radius 1 is 1.14 bits per heavy atom. The molecule has 1 saturated carbocycles. The zero-order valence-electron chi connectivity index (χ0n) is 21.7. The minimum absolute atomic E-state index is 0.0794. The number of rotatable bonds is 7. The van der Waals surface area contributed by atoms with Crippen LogP contribution in [-0.4, -0.2) is 14.8 Å². The zero-order chi connectivity index (χ0) is 25.2.